The Labute approximate surface area is 169 Å². The van der Waals surface area contributed by atoms with Crippen LogP contribution in [0.15, 0.2) is 29.3 Å². The number of aliphatic imine (C=N–C) groups is 1. The maximum Gasteiger partial charge on any atom is 0.220 e. The van der Waals surface area contributed by atoms with Crippen molar-refractivity contribution < 1.29 is 4.79 Å². The third kappa shape index (κ3) is 6.14. The van der Waals surface area contributed by atoms with Crippen molar-refractivity contribution in [3.63, 3.8) is 0 Å². The molecular formula is C22H35N5O. The van der Waals surface area contributed by atoms with Crippen molar-refractivity contribution in [2.75, 3.05) is 38.1 Å². The molecule has 0 aromatic heterocycles. The second kappa shape index (κ2) is 10.3. The Hall–Kier alpha value is -2.24. The molecule has 6 nitrogen and oxygen atoms in total. The standard InChI is InChI=1S/C22H35N5O/c1-17-7-9-20(10-8-17)27-14-11-19(16-27)26-22(23-2)25-13-12-24-21(28)15-18-5-3-4-6-18/h7-10,18-19H,3-6,11-16H2,1-2H3,(H,24,28)(H2,23,25,26). The van der Waals surface area contributed by atoms with Crippen LogP contribution >= 0.6 is 0 Å². The van der Waals surface area contributed by atoms with Gasteiger partial charge in [-0.05, 0) is 44.2 Å². The van der Waals surface area contributed by atoms with Gasteiger partial charge in [-0.2, -0.15) is 0 Å². The highest BCUT2D eigenvalue weighted by atomic mass is 16.1. The van der Waals surface area contributed by atoms with Crippen LogP contribution < -0.4 is 20.9 Å². The van der Waals surface area contributed by atoms with E-state index >= 15 is 0 Å². The van der Waals surface area contributed by atoms with Crippen molar-refractivity contribution in [1.82, 2.24) is 16.0 Å². The van der Waals surface area contributed by atoms with E-state index in [0.29, 0.717) is 31.5 Å². The smallest absolute Gasteiger partial charge is 0.220 e. The van der Waals surface area contributed by atoms with Crippen LogP contribution in [-0.2, 0) is 4.79 Å². The van der Waals surface area contributed by atoms with Gasteiger partial charge in [0.15, 0.2) is 5.96 Å². The highest BCUT2D eigenvalue weighted by Crippen LogP contribution is 2.27. The molecular weight excluding hydrogens is 350 g/mol. The summed E-state index contributed by atoms with van der Waals surface area (Å²) in [7, 11) is 1.79. The molecule has 1 saturated carbocycles. The second-order valence-corrected chi connectivity index (χ2v) is 8.12. The van der Waals surface area contributed by atoms with E-state index in [0.717, 1.165) is 25.5 Å². The predicted molar refractivity (Wildman–Crippen MR) is 116 cm³/mol. The normalized spacial score (nSPS) is 20.4. The Morgan fingerprint density at radius 1 is 1.11 bits per heavy atom. The number of rotatable bonds is 7. The summed E-state index contributed by atoms with van der Waals surface area (Å²) in [5, 5.41) is 9.84. The topological polar surface area (TPSA) is 68.8 Å². The zero-order chi connectivity index (χ0) is 19.8. The van der Waals surface area contributed by atoms with Gasteiger partial charge in [-0.3, -0.25) is 9.79 Å². The fourth-order valence-corrected chi connectivity index (χ4v) is 4.19. The van der Waals surface area contributed by atoms with E-state index in [1.165, 1.54) is 36.9 Å². The number of guanidine groups is 1. The number of hydrogen-bond acceptors (Lipinski definition) is 3. The summed E-state index contributed by atoms with van der Waals surface area (Å²) in [6.45, 7) is 5.46. The fourth-order valence-electron chi connectivity index (χ4n) is 4.19. The molecule has 1 aromatic rings. The molecule has 1 amide bonds. The molecule has 1 aromatic carbocycles. The molecule has 0 bridgehead atoms. The molecule has 2 fully saturated rings. The van der Waals surface area contributed by atoms with Gasteiger partial charge in [0.25, 0.3) is 0 Å². The van der Waals surface area contributed by atoms with Gasteiger partial charge in [0.1, 0.15) is 0 Å². The Morgan fingerprint density at radius 2 is 1.82 bits per heavy atom. The van der Waals surface area contributed by atoms with Crippen molar-refractivity contribution >= 4 is 17.6 Å². The van der Waals surface area contributed by atoms with Crippen LogP contribution in [0.25, 0.3) is 0 Å². The summed E-state index contributed by atoms with van der Waals surface area (Å²) in [4.78, 5) is 18.7. The monoisotopic (exact) mass is 385 g/mol. The summed E-state index contributed by atoms with van der Waals surface area (Å²) >= 11 is 0. The molecule has 1 saturated heterocycles. The van der Waals surface area contributed by atoms with E-state index < -0.39 is 0 Å². The van der Waals surface area contributed by atoms with Crippen molar-refractivity contribution in [2.24, 2.45) is 10.9 Å². The van der Waals surface area contributed by atoms with E-state index in [1.54, 1.807) is 7.05 Å². The third-order valence-electron chi connectivity index (χ3n) is 5.84. The van der Waals surface area contributed by atoms with E-state index in [1.807, 2.05) is 0 Å². The molecule has 154 valence electrons. The van der Waals surface area contributed by atoms with Crippen molar-refractivity contribution in [3.8, 4) is 0 Å². The lowest BCUT2D eigenvalue weighted by Crippen LogP contribution is -2.46. The maximum atomic E-state index is 12.0. The van der Waals surface area contributed by atoms with Crippen LogP contribution in [0, 0.1) is 12.8 Å². The van der Waals surface area contributed by atoms with Gasteiger partial charge < -0.3 is 20.9 Å². The van der Waals surface area contributed by atoms with Crippen LogP contribution in [0.1, 0.15) is 44.1 Å². The first-order valence-electron chi connectivity index (χ1n) is 10.7. The highest BCUT2D eigenvalue weighted by Gasteiger charge is 2.23. The van der Waals surface area contributed by atoms with E-state index in [9.17, 15) is 4.79 Å². The number of anilines is 1. The van der Waals surface area contributed by atoms with Crippen molar-refractivity contribution in [1.29, 1.82) is 0 Å². The van der Waals surface area contributed by atoms with Crippen LogP contribution in [0.4, 0.5) is 5.69 Å². The van der Waals surface area contributed by atoms with Gasteiger partial charge in [-0.25, -0.2) is 0 Å². The van der Waals surface area contributed by atoms with Gasteiger partial charge in [-0.15, -0.1) is 0 Å². The van der Waals surface area contributed by atoms with E-state index in [4.69, 9.17) is 0 Å². The number of nitrogens with one attached hydrogen (secondary N) is 3. The molecule has 0 spiro atoms. The SMILES string of the molecule is CN=C(NCCNC(=O)CC1CCCC1)NC1CCN(c2ccc(C)cc2)C1. The molecule has 1 unspecified atom stereocenters. The number of carbonyl (C=O) groups excluding carboxylic acids is 1. The molecule has 1 aliphatic heterocycles. The van der Waals surface area contributed by atoms with Gasteiger partial charge >= 0.3 is 0 Å². The summed E-state index contributed by atoms with van der Waals surface area (Å²) in [5.41, 5.74) is 2.57. The lowest BCUT2D eigenvalue weighted by molar-refractivity contribution is -0.121. The van der Waals surface area contributed by atoms with Gasteiger partial charge in [0, 0.05) is 51.4 Å². The molecule has 1 aliphatic carbocycles. The highest BCUT2D eigenvalue weighted by molar-refractivity contribution is 5.80. The lowest BCUT2D eigenvalue weighted by atomic mass is 10.0. The first-order chi connectivity index (χ1) is 13.6. The molecule has 3 N–H and O–H groups in total. The number of hydrogen-bond donors (Lipinski definition) is 3. The Balaban J connectivity index is 1.33. The van der Waals surface area contributed by atoms with Gasteiger partial charge in [-0.1, -0.05) is 30.5 Å². The summed E-state index contributed by atoms with van der Waals surface area (Å²) < 4.78 is 0. The molecule has 28 heavy (non-hydrogen) atoms. The Kier molecular flexibility index (Phi) is 7.57. The first-order valence-corrected chi connectivity index (χ1v) is 10.7. The second-order valence-electron chi connectivity index (χ2n) is 8.12. The third-order valence-corrected chi connectivity index (χ3v) is 5.84. The average molecular weight is 386 g/mol. The molecule has 2 aliphatic rings. The quantitative estimate of drug-likeness (QED) is 0.383. The molecule has 1 atom stereocenters. The minimum Gasteiger partial charge on any atom is -0.369 e. The minimum atomic E-state index is 0.182. The van der Waals surface area contributed by atoms with E-state index in [2.05, 4.69) is 57.0 Å². The zero-order valence-electron chi connectivity index (χ0n) is 17.3. The van der Waals surface area contributed by atoms with Crippen LogP contribution in [0.2, 0.25) is 0 Å². The molecule has 3 rings (SSSR count). The largest absolute Gasteiger partial charge is 0.369 e. The first kappa shape index (κ1) is 20.5. The fraction of sp³-hybridized carbons (Fsp3) is 0.636. The number of amides is 1. The summed E-state index contributed by atoms with van der Waals surface area (Å²) in [6.07, 6.45) is 6.76. The Bertz CT molecular complexity index is 651. The number of aryl methyl sites for hydroxylation is 1. The van der Waals surface area contributed by atoms with Gasteiger partial charge in [0.05, 0.1) is 0 Å². The number of nitrogens with zero attached hydrogens (tertiary/aromatic N) is 2. The minimum absolute atomic E-state index is 0.182. The molecule has 0 radical (unpaired) electrons. The summed E-state index contributed by atoms with van der Waals surface area (Å²) in [6, 6.07) is 9.09. The van der Waals surface area contributed by atoms with Gasteiger partial charge in [0.2, 0.25) is 5.91 Å². The van der Waals surface area contributed by atoms with Crippen molar-refractivity contribution in [3.05, 3.63) is 29.8 Å². The van der Waals surface area contributed by atoms with Crippen molar-refractivity contribution in [2.45, 2.75) is 51.5 Å². The maximum absolute atomic E-state index is 12.0. The summed E-state index contributed by atoms with van der Waals surface area (Å²) in [5.74, 6) is 1.59. The van der Waals surface area contributed by atoms with Crippen LogP contribution in [0.3, 0.4) is 0 Å². The lowest BCUT2D eigenvalue weighted by Gasteiger charge is -2.20. The predicted octanol–water partition coefficient (Wildman–Crippen LogP) is 2.44. The molecule has 1 heterocycles. The van der Waals surface area contributed by atoms with Crippen LogP contribution in [0.5, 0.6) is 0 Å². The number of carbonyl (C=O) groups is 1. The van der Waals surface area contributed by atoms with Crippen LogP contribution in [-0.4, -0.2) is 51.1 Å². The Morgan fingerprint density at radius 3 is 2.54 bits per heavy atom. The number of benzene rings is 1. The average Bonchev–Trinajstić information content (AvgIpc) is 3.37. The molecule has 6 heteroatoms. The van der Waals surface area contributed by atoms with E-state index in [-0.39, 0.29) is 5.91 Å². The zero-order valence-corrected chi connectivity index (χ0v) is 17.3.